The van der Waals surface area contributed by atoms with Gasteiger partial charge in [-0.2, -0.15) is 11.8 Å². The lowest BCUT2D eigenvalue weighted by Crippen LogP contribution is -2.64. The molecule has 0 aromatic rings. The van der Waals surface area contributed by atoms with Crippen molar-refractivity contribution in [3.05, 3.63) is 0 Å². The van der Waals surface area contributed by atoms with Crippen LogP contribution in [0.15, 0.2) is 0 Å². The summed E-state index contributed by atoms with van der Waals surface area (Å²) >= 11 is 2.10. The molecule has 0 aromatic heterocycles. The van der Waals surface area contributed by atoms with Crippen LogP contribution in [0.4, 0.5) is 0 Å². The third-order valence-electron chi connectivity index (χ3n) is 4.97. The lowest BCUT2D eigenvalue weighted by atomic mass is 9.82. The van der Waals surface area contributed by atoms with Crippen LogP contribution in [0, 0.1) is 0 Å². The van der Waals surface area contributed by atoms with Crippen LogP contribution in [0.2, 0.25) is 0 Å². The molecular formula is C14H28N2S. The van der Waals surface area contributed by atoms with E-state index in [1.54, 1.807) is 0 Å². The van der Waals surface area contributed by atoms with E-state index in [0.717, 1.165) is 6.54 Å². The van der Waals surface area contributed by atoms with Gasteiger partial charge in [-0.05, 0) is 39.4 Å². The fourth-order valence-corrected chi connectivity index (χ4v) is 3.99. The van der Waals surface area contributed by atoms with Crippen molar-refractivity contribution in [2.24, 2.45) is 0 Å². The molecule has 2 rings (SSSR count). The Hall–Kier alpha value is 0.270. The first-order valence-corrected chi connectivity index (χ1v) is 8.29. The number of hydrogen-bond acceptors (Lipinski definition) is 3. The van der Waals surface area contributed by atoms with Crippen molar-refractivity contribution in [2.45, 2.75) is 62.8 Å². The van der Waals surface area contributed by atoms with E-state index < -0.39 is 0 Å². The van der Waals surface area contributed by atoms with Crippen LogP contribution in [0.1, 0.15) is 46.5 Å². The Labute approximate surface area is 111 Å². The molecule has 2 unspecified atom stereocenters. The Morgan fingerprint density at radius 3 is 2.59 bits per heavy atom. The molecule has 2 aliphatic rings. The minimum Gasteiger partial charge on any atom is -0.309 e. The van der Waals surface area contributed by atoms with Crippen LogP contribution >= 0.6 is 11.8 Å². The third-order valence-corrected chi connectivity index (χ3v) is 6.37. The van der Waals surface area contributed by atoms with Gasteiger partial charge in [0.15, 0.2) is 0 Å². The number of hydrogen-bond donors (Lipinski definition) is 1. The van der Waals surface area contributed by atoms with Gasteiger partial charge in [-0.1, -0.05) is 13.3 Å². The summed E-state index contributed by atoms with van der Waals surface area (Å²) in [5.41, 5.74) is 0.329. The maximum atomic E-state index is 3.72. The molecule has 0 aromatic carbocycles. The highest BCUT2D eigenvalue weighted by molar-refractivity contribution is 8.00. The molecule has 17 heavy (non-hydrogen) atoms. The second-order valence-corrected chi connectivity index (χ2v) is 7.56. The molecule has 100 valence electrons. The first-order valence-electron chi connectivity index (χ1n) is 7.07. The average Bonchev–Trinajstić information content (AvgIpc) is 2.28. The smallest absolute Gasteiger partial charge is 0.0284 e. The number of thioether (sulfide) groups is 1. The molecule has 0 bridgehead atoms. The number of nitrogens with one attached hydrogen (secondary N) is 1. The first kappa shape index (κ1) is 13.7. The summed E-state index contributed by atoms with van der Waals surface area (Å²) in [5, 5.41) is 3.72. The zero-order valence-electron chi connectivity index (χ0n) is 11.9. The molecule has 0 radical (unpaired) electrons. The van der Waals surface area contributed by atoms with Crippen LogP contribution < -0.4 is 5.32 Å². The summed E-state index contributed by atoms with van der Waals surface area (Å²) in [6.45, 7) is 10.7. The molecule has 1 heterocycles. The minimum absolute atomic E-state index is 0.329. The van der Waals surface area contributed by atoms with Crippen LogP contribution in [0.5, 0.6) is 0 Å². The fraction of sp³-hybridized carbons (Fsp3) is 1.00. The van der Waals surface area contributed by atoms with Crippen molar-refractivity contribution in [3.8, 4) is 0 Å². The predicted octanol–water partition coefficient (Wildman–Crippen LogP) is 2.73. The molecule has 1 aliphatic carbocycles. The van der Waals surface area contributed by atoms with Crippen LogP contribution in [-0.2, 0) is 0 Å². The van der Waals surface area contributed by atoms with Gasteiger partial charge in [0.2, 0.25) is 0 Å². The van der Waals surface area contributed by atoms with Gasteiger partial charge in [-0.3, -0.25) is 4.90 Å². The molecule has 1 saturated carbocycles. The second kappa shape index (κ2) is 5.10. The predicted molar refractivity (Wildman–Crippen MR) is 77.8 cm³/mol. The van der Waals surface area contributed by atoms with E-state index in [2.05, 4.69) is 49.0 Å². The minimum atomic E-state index is 0.329. The van der Waals surface area contributed by atoms with E-state index in [4.69, 9.17) is 0 Å². The summed E-state index contributed by atoms with van der Waals surface area (Å²) < 4.78 is 0.584. The largest absolute Gasteiger partial charge is 0.309 e. The van der Waals surface area contributed by atoms with Crippen LogP contribution in [-0.4, -0.2) is 47.1 Å². The summed E-state index contributed by atoms with van der Waals surface area (Å²) in [6.07, 6.45) is 7.81. The average molecular weight is 256 g/mol. The number of rotatable bonds is 4. The zero-order valence-corrected chi connectivity index (χ0v) is 12.7. The lowest BCUT2D eigenvalue weighted by Gasteiger charge is -2.51. The molecular weight excluding hydrogens is 228 g/mol. The van der Waals surface area contributed by atoms with E-state index >= 15 is 0 Å². The van der Waals surface area contributed by atoms with Gasteiger partial charge in [0.25, 0.3) is 0 Å². The van der Waals surface area contributed by atoms with Gasteiger partial charge in [-0.25, -0.2) is 0 Å². The quantitative estimate of drug-likeness (QED) is 0.832. The summed E-state index contributed by atoms with van der Waals surface area (Å²) in [4.78, 5) is 2.73. The van der Waals surface area contributed by atoms with Crippen molar-refractivity contribution in [1.29, 1.82) is 0 Å². The van der Waals surface area contributed by atoms with Gasteiger partial charge in [-0.15, -0.1) is 0 Å². The monoisotopic (exact) mass is 256 g/mol. The van der Waals surface area contributed by atoms with Gasteiger partial charge in [0.1, 0.15) is 0 Å². The highest BCUT2D eigenvalue weighted by Crippen LogP contribution is 2.44. The second-order valence-electron chi connectivity index (χ2n) is 6.29. The van der Waals surface area contributed by atoms with Gasteiger partial charge in [0.05, 0.1) is 0 Å². The van der Waals surface area contributed by atoms with Crippen molar-refractivity contribution >= 4 is 11.8 Å². The van der Waals surface area contributed by atoms with E-state index in [1.807, 2.05) is 0 Å². The molecule has 2 fully saturated rings. The Balaban J connectivity index is 1.98. The van der Waals surface area contributed by atoms with E-state index in [0.29, 0.717) is 16.3 Å². The number of nitrogens with zero attached hydrogens (tertiary/aromatic N) is 1. The Morgan fingerprint density at radius 2 is 2.12 bits per heavy atom. The summed E-state index contributed by atoms with van der Waals surface area (Å²) in [7, 11) is 0. The Bertz CT molecular complexity index is 259. The molecule has 1 saturated heterocycles. The molecule has 0 amide bonds. The van der Waals surface area contributed by atoms with Crippen LogP contribution in [0.25, 0.3) is 0 Å². The van der Waals surface area contributed by atoms with Crippen molar-refractivity contribution < 1.29 is 0 Å². The van der Waals surface area contributed by atoms with E-state index in [-0.39, 0.29) is 0 Å². The van der Waals surface area contributed by atoms with Crippen molar-refractivity contribution in [1.82, 2.24) is 10.2 Å². The SMILES string of the molecule is CCC1(C)CN(CC2(SC)CCC2)C(C)CN1. The first-order chi connectivity index (χ1) is 8.02. The third kappa shape index (κ3) is 2.82. The maximum absolute atomic E-state index is 3.72. The van der Waals surface area contributed by atoms with E-state index in [1.165, 1.54) is 38.8 Å². The van der Waals surface area contributed by atoms with Gasteiger partial charge in [0, 0.05) is 36.0 Å². The molecule has 1 aliphatic heterocycles. The molecule has 2 atom stereocenters. The highest BCUT2D eigenvalue weighted by Gasteiger charge is 2.41. The summed E-state index contributed by atoms with van der Waals surface area (Å²) in [6, 6.07) is 0.694. The highest BCUT2D eigenvalue weighted by atomic mass is 32.2. The zero-order chi connectivity index (χ0) is 12.5. The standard InChI is InChI=1S/C14H28N2S/c1-5-13(3)10-16(12(2)9-15-13)11-14(17-4)7-6-8-14/h12,15H,5-11H2,1-4H3. The number of piperazine rings is 1. The summed E-state index contributed by atoms with van der Waals surface area (Å²) in [5.74, 6) is 0. The van der Waals surface area contributed by atoms with Crippen molar-refractivity contribution in [3.63, 3.8) is 0 Å². The van der Waals surface area contributed by atoms with Gasteiger partial charge < -0.3 is 5.32 Å². The fourth-order valence-electron chi connectivity index (χ4n) is 3.00. The lowest BCUT2D eigenvalue weighted by molar-refractivity contribution is 0.0721. The normalized spacial score (nSPS) is 37.8. The van der Waals surface area contributed by atoms with Crippen molar-refractivity contribution in [2.75, 3.05) is 25.9 Å². The Kier molecular flexibility index (Phi) is 4.11. The molecule has 3 heteroatoms. The molecule has 2 nitrogen and oxygen atoms in total. The molecule has 0 spiro atoms. The van der Waals surface area contributed by atoms with Gasteiger partial charge >= 0.3 is 0 Å². The molecule has 1 N–H and O–H groups in total. The van der Waals surface area contributed by atoms with E-state index in [9.17, 15) is 0 Å². The topological polar surface area (TPSA) is 15.3 Å². The van der Waals surface area contributed by atoms with Crippen LogP contribution in [0.3, 0.4) is 0 Å². The Morgan fingerprint density at radius 1 is 1.41 bits per heavy atom. The maximum Gasteiger partial charge on any atom is 0.0284 e.